The van der Waals surface area contributed by atoms with Crippen LogP contribution in [0, 0.1) is 17.1 Å². The Morgan fingerprint density at radius 2 is 2.35 bits per heavy atom. The number of hydrogen-bond acceptors (Lipinski definition) is 3. The number of nitrogens with zero attached hydrogens (tertiary/aromatic N) is 2. The molecule has 1 aromatic rings. The van der Waals surface area contributed by atoms with Gasteiger partial charge < -0.3 is 10.2 Å². The molecule has 5 heteroatoms. The molecule has 0 aromatic heterocycles. The lowest BCUT2D eigenvalue weighted by Gasteiger charge is -2.20. The molecule has 1 aromatic carbocycles. The first-order chi connectivity index (χ1) is 8.17. The van der Waals surface area contributed by atoms with Crippen molar-refractivity contribution in [3.63, 3.8) is 0 Å². The van der Waals surface area contributed by atoms with Crippen LogP contribution in [-0.2, 0) is 0 Å². The predicted octanol–water partition coefficient (Wildman–Crippen LogP) is 2.26. The summed E-state index contributed by atoms with van der Waals surface area (Å²) in [4.78, 5) is 2.00. The smallest absolute Gasteiger partial charge is 0.161 e. The highest BCUT2D eigenvalue weighted by Gasteiger charge is 2.24. The molecule has 17 heavy (non-hydrogen) atoms. The number of nitrogens with one attached hydrogen (secondary N) is 1. The largest absolute Gasteiger partial charge is 0.368 e. The molecule has 1 saturated heterocycles. The second-order valence-electron chi connectivity index (χ2n) is 4.09. The van der Waals surface area contributed by atoms with Gasteiger partial charge in [-0.05, 0) is 41.5 Å². The van der Waals surface area contributed by atoms with E-state index in [1.807, 2.05) is 18.0 Å². The molecular formula is C12H13BrFN3. The third-order valence-electron chi connectivity index (χ3n) is 3.12. The average molecular weight is 298 g/mol. The van der Waals surface area contributed by atoms with Gasteiger partial charge in [-0.15, -0.1) is 0 Å². The molecule has 1 N–H and O–H groups in total. The van der Waals surface area contributed by atoms with Crippen molar-refractivity contribution >= 4 is 21.6 Å². The van der Waals surface area contributed by atoms with E-state index in [4.69, 9.17) is 5.26 Å². The van der Waals surface area contributed by atoms with E-state index in [1.165, 1.54) is 0 Å². The zero-order valence-corrected chi connectivity index (χ0v) is 11.1. The Labute approximate surface area is 108 Å². The average Bonchev–Trinajstić information content (AvgIpc) is 2.81. The van der Waals surface area contributed by atoms with Gasteiger partial charge in [0.15, 0.2) is 5.82 Å². The molecule has 0 aliphatic carbocycles. The maximum atomic E-state index is 14.1. The van der Waals surface area contributed by atoms with Crippen LogP contribution in [0.2, 0.25) is 0 Å². The lowest BCUT2D eigenvalue weighted by atomic mass is 10.2. The van der Waals surface area contributed by atoms with Crippen molar-refractivity contribution < 1.29 is 4.39 Å². The van der Waals surface area contributed by atoms with Crippen LogP contribution >= 0.6 is 15.9 Å². The molecule has 1 aliphatic rings. The highest BCUT2D eigenvalue weighted by Crippen LogP contribution is 2.30. The molecule has 0 spiro atoms. The number of anilines is 1. The Morgan fingerprint density at radius 1 is 1.59 bits per heavy atom. The van der Waals surface area contributed by atoms with Gasteiger partial charge in [0.05, 0.1) is 15.7 Å². The molecule has 1 atom stereocenters. The normalized spacial score (nSPS) is 19.4. The Kier molecular flexibility index (Phi) is 3.65. The lowest BCUT2D eigenvalue weighted by molar-refractivity contribution is 0.606. The maximum Gasteiger partial charge on any atom is 0.161 e. The third-order valence-corrected chi connectivity index (χ3v) is 3.89. The standard InChI is InChI=1S/C12H13BrFN3/c1-16-9-4-5-17(7-9)10-3-2-8(6-15)11(13)12(10)14/h2-3,9,16H,4-5,7H2,1H3. The maximum absolute atomic E-state index is 14.1. The molecule has 0 saturated carbocycles. The molecule has 1 heterocycles. The van der Waals surface area contributed by atoms with E-state index in [1.54, 1.807) is 12.1 Å². The summed E-state index contributed by atoms with van der Waals surface area (Å²) in [6.07, 6.45) is 1.01. The molecule has 1 unspecified atom stereocenters. The van der Waals surface area contributed by atoms with Crippen molar-refractivity contribution in [2.24, 2.45) is 0 Å². The Hall–Kier alpha value is -1.12. The number of rotatable bonds is 2. The number of hydrogen-bond donors (Lipinski definition) is 1. The molecule has 0 radical (unpaired) electrons. The van der Waals surface area contributed by atoms with Crippen LogP contribution in [0.15, 0.2) is 16.6 Å². The quantitative estimate of drug-likeness (QED) is 0.910. The topological polar surface area (TPSA) is 39.1 Å². The predicted molar refractivity (Wildman–Crippen MR) is 68.5 cm³/mol. The van der Waals surface area contributed by atoms with Crippen molar-refractivity contribution in [2.45, 2.75) is 12.5 Å². The summed E-state index contributed by atoms with van der Waals surface area (Å²) in [7, 11) is 1.92. The fraction of sp³-hybridized carbons (Fsp3) is 0.417. The Bertz CT molecular complexity index is 470. The van der Waals surface area contributed by atoms with Crippen LogP contribution in [0.5, 0.6) is 0 Å². The summed E-state index contributed by atoms with van der Waals surface area (Å²) in [6, 6.07) is 5.69. The second kappa shape index (κ2) is 5.03. The molecule has 3 nitrogen and oxygen atoms in total. The molecule has 1 aliphatic heterocycles. The van der Waals surface area contributed by atoms with Crippen LogP contribution in [0.4, 0.5) is 10.1 Å². The van der Waals surface area contributed by atoms with Crippen molar-refractivity contribution in [2.75, 3.05) is 25.0 Å². The molecule has 0 amide bonds. The van der Waals surface area contributed by atoms with Crippen molar-refractivity contribution in [3.05, 3.63) is 28.0 Å². The van der Waals surface area contributed by atoms with Crippen molar-refractivity contribution in [1.29, 1.82) is 5.26 Å². The number of nitriles is 1. The van der Waals surface area contributed by atoms with Gasteiger partial charge in [-0.25, -0.2) is 4.39 Å². The molecule has 1 fully saturated rings. The Balaban J connectivity index is 2.29. The summed E-state index contributed by atoms with van der Waals surface area (Å²) in [5, 5.41) is 12.0. The van der Waals surface area contributed by atoms with Gasteiger partial charge in [-0.1, -0.05) is 0 Å². The van der Waals surface area contributed by atoms with Crippen LogP contribution < -0.4 is 10.2 Å². The lowest BCUT2D eigenvalue weighted by Crippen LogP contribution is -2.29. The van der Waals surface area contributed by atoms with E-state index < -0.39 is 0 Å². The molecule has 2 rings (SSSR count). The Morgan fingerprint density at radius 3 is 2.94 bits per heavy atom. The molecule has 90 valence electrons. The zero-order chi connectivity index (χ0) is 12.4. The first-order valence-electron chi connectivity index (χ1n) is 5.47. The fourth-order valence-electron chi connectivity index (χ4n) is 2.08. The van der Waals surface area contributed by atoms with Gasteiger partial charge >= 0.3 is 0 Å². The number of likely N-dealkylation sites (N-methyl/N-ethyl adjacent to an activating group) is 1. The van der Waals surface area contributed by atoms with Crippen LogP contribution in [0.25, 0.3) is 0 Å². The minimum atomic E-state index is -0.346. The van der Waals surface area contributed by atoms with Gasteiger partial charge in [-0.3, -0.25) is 0 Å². The zero-order valence-electron chi connectivity index (χ0n) is 9.50. The summed E-state index contributed by atoms with van der Waals surface area (Å²) >= 11 is 3.13. The minimum Gasteiger partial charge on any atom is -0.368 e. The van der Waals surface area contributed by atoms with Gasteiger partial charge in [0.1, 0.15) is 6.07 Å². The first-order valence-corrected chi connectivity index (χ1v) is 6.27. The van der Waals surface area contributed by atoms with E-state index in [2.05, 4.69) is 21.2 Å². The molecular weight excluding hydrogens is 285 g/mol. The minimum absolute atomic E-state index is 0.255. The number of halogens is 2. The van der Waals surface area contributed by atoms with E-state index >= 15 is 0 Å². The third kappa shape index (κ3) is 2.28. The fourth-order valence-corrected chi connectivity index (χ4v) is 2.51. The summed E-state index contributed by atoms with van der Waals surface area (Å²) in [5.41, 5.74) is 0.893. The van der Waals surface area contributed by atoms with E-state index in [-0.39, 0.29) is 10.3 Å². The van der Waals surface area contributed by atoms with Crippen LogP contribution in [-0.4, -0.2) is 26.2 Å². The monoisotopic (exact) mass is 297 g/mol. The van der Waals surface area contributed by atoms with Crippen LogP contribution in [0.3, 0.4) is 0 Å². The van der Waals surface area contributed by atoms with Crippen molar-refractivity contribution in [1.82, 2.24) is 5.32 Å². The van der Waals surface area contributed by atoms with Crippen molar-refractivity contribution in [3.8, 4) is 6.07 Å². The van der Waals surface area contributed by atoms with Gasteiger partial charge in [0.25, 0.3) is 0 Å². The highest BCUT2D eigenvalue weighted by molar-refractivity contribution is 9.10. The van der Waals surface area contributed by atoms with Gasteiger partial charge in [0, 0.05) is 19.1 Å². The van der Waals surface area contributed by atoms with Crippen LogP contribution in [0.1, 0.15) is 12.0 Å². The summed E-state index contributed by atoms with van der Waals surface area (Å²) in [6.45, 7) is 1.63. The first kappa shape index (κ1) is 12.3. The van der Waals surface area contributed by atoms with E-state index in [9.17, 15) is 4.39 Å². The van der Waals surface area contributed by atoms with E-state index in [0.717, 1.165) is 19.5 Å². The second-order valence-corrected chi connectivity index (χ2v) is 4.89. The summed E-state index contributed by atoms with van der Waals surface area (Å²) in [5.74, 6) is -0.346. The summed E-state index contributed by atoms with van der Waals surface area (Å²) < 4.78 is 14.3. The highest BCUT2D eigenvalue weighted by atomic mass is 79.9. The SMILES string of the molecule is CNC1CCN(c2ccc(C#N)c(Br)c2F)C1. The molecule has 0 bridgehead atoms. The van der Waals surface area contributed by atoms with E-state index in [0.29, 0.717) is 17.3 Å². The van der Waals surface area contributed by atoms with Gasteiger partial charge in [-0.2, -0.15) is 5.26 Å². The van der Waals surface area contributed by atoms with Gasteiger partial charge in [0.2, 0.25) is 0 Å². The number of benzene rings is 1.